The van der Waals surface area contributed by atoms with Crippen molar-refractivity contribution < 1.29 is 0 Å². The van der Waals surface area contributed by atoms with Crippen LogP contribution in [0.3, 0.4) is 0 Å². The van der Waals surface area contributed by atoms with Gasteiger partial charge in [0.25, 0.3) is 0 Å². The zero-order valence-electron chi connectivity index (χ0n) is 10.1. The standard InChI is InChI=1S/C13H10ClN3S2/c1-8-11(18-7-15-8)13-17-16-12(19-13)10(14)9-5-3-2-4-6-9/h2-7,10H,1H3. The first-order chi connectivity index (χ1) is 9.25. The van der Waals surface area contributed by atoms with Gasteiger partial charge in [-0.25, -0.2) is 4.98 Å². The van der Waals surface area contributed by atoms with E-state index in [1.165, 1.54) is 11.3 Å². The molecule has 0 aliphatic heterocycles. The molecule has 0 bridgehead atoms. The van der Waals surface area contributed by atoms with E-state index in [0.29, 0.717) is 0 Å². The number of halogens is 1. The summed E-state index contributed by atoms with van der Waals surface area (Å²) in [5.74, 6) is 0. The molecule has 0 radical (unpaired) electrons. The first kappa shape index (κ1) is 12.7. The molecule has 0 saturated heterocycles. The molecular weight excluding hydrogens is 298 g/mol. The Kier molecular flexibility index (Phi) is 3.59. The first-order valence-corrected chi connectivity index (χ1v) is 7.82. The fourth-order valence-electron chi connectivity index (χ4n) is 1.70. The minimum absolute atomic E-state index is 0.249. The number of hydrogen-bond donors (Lipinski definition) is 0. The van der Waals surface area contributed by atoms with Crippen LogP contribution >= 0.6 is 34.3 Å². The van der Waals surface area contributed by atoms with Crippen molar-refractivity contribution in [2.24, 2.45) is 0 Å². The van der Waals surface area contributed by atoms with Crippen molar-refractivity contribution in [3.63, 3.8) is 0 Å². The number of aryl methyl sites for hydroxylation is 1. The van der Waals surface area contributed by atoms with E-state index < -0.39 is 0 Å². The van der Waals surface area contributed by atoms with Crippen molar-refractivity contribution in [3.8, 4) is 9.88 Å². The van der Waals surface area contributed by atoms with Gasteiger partial charge in [0.1, 0.15) is 10.4 Å². The molecule has 0 amide bonds. The summed E-state index contributed by atoms with van der Waals surface area (Å²) in [5.41, 5.74) is 3.84. The third kappa shape index (κ3) is 2.54. The highest BCUT2D eigenvalue weighted by molar-refractivity contribution is 7.20. The Balaban J connectivity index is 1.92. The Bertz CT molecular complexity index is 678. The summed E-state index contributed by atoms with van der Waals surface area (Å²) in [5, 5.41) is 9.88. The van der Waals surface area contributed by atoms with Crippen LogP contribution < -0.4 is 0 Å². The Morgan fingerprint density at radius 1 is 1.16 bits per heavy atom. The Morgan fingerprint density at radius 3 is 2.63 bits per heavy atom. The van der Waals surface area contributed by atoms with E-state index in [0.717, 1.165) is 26.1 Å². The lowest BCUT2D eigenvalue weighted by Gasteiger charge is -2.04. The van der Waals surface area contributed by atoms with E-state index in [1.54, 1.807) is 11.3 Å². The van der Waals surface area contributed by atoms with Gasteiger partial charge in [0.2, 0.25) is 0 Å². The lowest BCUT2D eigenvalue weighted by molar-refractivity contribution is 0.988. The smallest absolute Gasteiger partial charge is 0.159 e. The summed E-state index contributed by atoms with van der Waals surface area (Å²) in [7, 11) is 0. The van der Waals surface area contributed by atoms with Crippen molar-refractivity contribution in [1.82, 2.24) is 15.2 Å². The van der Waals surface area contributed by atoms with Gasteiger partial charge in [0, 0.05) is 0 Å². The first-order valence-electron chi connectivity index (χ1n) is 5.68. The molecule has 2 aromatic heterocycles. The highest BCUT2D eigenvalue weighted by atomic mass is 35.5. The normalized spacial score (nSPS) is 12.5. The van der Waals surface area contributed by atoms with Crippen LogP contribution in [0, 0.1) is 6.92 Å². The predicted octanol–water partition coefficient (Wildman–Crippen LogP) is 4.30. The van der Waals surface area contributed by atoms with E-state index in [2.05, 4.69) is 15.2 Å². The van der Waals surface area contributed by atoms with Crippen molar-refractivity contribution in [3.05, 3.63) is 52.1 Å². The van der Waals surface area contributed by atoms with Crippen LogP contribution in [0.5, 0.6) is 0 Å². The third-order valence-corrected chi connectivity index (χ3v) is 5.35. The molecule has 19 heavy (non-hydrogen) atoms. The van der Waals surface area contributed by atoms with E-state index >= 15 is 0 Å². The quantitative estimate of drug-likeness (QED) is 0.677. The average Bonchev–Trinajstić information content (AvgIpc) is 3.07. The summed E-state index contributed by atoms with van der Waals surface area (Å²) in [6.07, 6.45) is 0. The SMILES string of the molecule is Cc1ncsc1-c1nnc(C(Cl)c2ccccc2)s1. The maximum atomic E-state index is 6.44. The Hall–Kier alpha value is -1.30. The lowest BCUT2D eigenvalue weighted by atomic mass is 10.1. The summed E-state index contributed by atoms with van der Waals surface area (Å²) < 4.78 is 0. The Labute approximate surface area is 123 Å². The van der Waals surface area contributed by atoms with Gasteiger partial charge in [0.05, 0.1) is 16.1 Å². The number of thiazole rings is 1. The molecule has 2 heterocycles. The van der Waals surface area contributed by atoms with Crippen LogP contribution in [-0.2, 0) is 0 Å². The molecule has 1 atom stereocenters. The molecule has 96 valence electrons. The maximum absolute atomic E-state index is 6.44. The molecule has 3 nitrogen and oxygen atoms in total. The van der Waals surface area contributed by atoms with Gasteiger partial charge >= 0.3 is 0 Å². The van der Waals surface area contributed by atoms with Gasteiger partial charge in [-0.3, -0.25) is 0 Å². The van der Waals surface area contributed by atoms with E-state index in [-0.39, 0.29) is 5.38 Å². The largest absolute Gasteiger partial charge is 0.249 e. The summed E-state index contributed by atoms with van der Waals surface area (Å²) in [6.45, 7) is 1.97. The highest BCUT2D eigenvalue weighted by Crippen LogP contribution is 2.36. The van der Waals surface area contributed by atoms with Gasteiger partial charge in [0.15, 0.2) is 5.01 Å². The van der Waals surface area contributed by atoms with Crippen LogP contribution in [-0.4, -0.2) is 15.2 Å². The average molecular weight is 308 g/mol. The van der Waals surface area contributed by atoms with Crippen molar-refractivity contribution in [2.75, 3.05) is 0 Å². The molecule has 0 aliphatic carbocycles. The molecule has 0 aliphatic rings. The molecule has 1 aromatic carbocycles. The topological polar surface area (TPSA) is 38.7 Å². The minimum atomic E-state index is -0.249. The second-order valence-electron chi connectivity index (χ2n) is 3.99. The monoisotopic (exact) mass is 307 g/mol. The van der Waals surface area contributed by atoms with Crippen molar-refractivity contribution >= 4 is 34.3 Å². The van der Waals surface area contributed by atoms with Gasteiger partial charge in [-0.2, -0.15) is 0 Å². The van der Waals surface area contributed by atoms with Gasteiger partial charge in [-0.1, -0.05) is 41.7 Å². The predicted molar refractivity (Wildman–Crippen MR) is 79.9 cm³/mol. The van der Waals surface area contributed by atoms with Crippen LogP contribution in [0.15, 0.2) is 35.8 Å². The molecule has 0 N–H and O–H groups in total. The molecule has 0 saturated carbocycles. The Morgan fingerprint density at radius 2 is 1.95 bits per heavy atom. The summed E-state index contributed by atoms with van der Waals surface area (Å²) in [4.78, 5) is 5.30. The lowest BCUT2D eigenvalue weighted by Crippen LogP contribution is -1.91. The van der Waals surface area contributed by atoms with Crippen molar-refractivity contribution in [2.45, 2.75) is 12.3 Å². The maximum Gasteiger partial charge on any atom is 0.159 e. The number of nitrogens with zero attached hydrogens (tertiary/aromatic N) is 3. The number of hydrogen-bond acceptors (Lipinski definition) is 5. The third-order valence-electron chi connectivity index (χ3n) is 2.69. The molecule has 0 spiro atoms. The molecule has 6 heteroatoms. The number of alkyl halides is 1. The van der Waals surface area contributed by atoms with Gasteiger partial charge in [-0.15, -0.1) is 33.1 Å². The summed E-state index contributed by atoms with van der Waals surface area (Å²) in [6, 6.07) is 9.91. The molecule has 1 unspecified atom stereocenters. The minimum Gasteiger partial charge on any atom is -0.249 e. The highest BCUT2D eigenvalue weighted by Gasteiger charge is 2.18. The number of rotatable bonds is 3. The molecule has 3 rings (SSSR count). The van der Waals surface area contributed by atoms with Gasteiger partial charge in [-0.05, 0) is 12.5 Å². The molecule has 0 fully saturated rings. The van der Waals surface area contributed by atoms with Crippen molar-refractivity contribution in [1.29, 1.82) is 0 Å². The van der Waals surface area contributed by atoms with Crippen LogP contribution in [0.4, 0.5) is 0 Å². The van der Waals surface area contributed by atoms with Crippen LogP contribution in [0.1, 0.15) is 21.6 Å². The van der Waals surface area contributed by atoms with E-state index in [4.69, 9.17) is 11.6 Å². The van der Waals surface area contributed by atoms with E-state index in [1.807, 2.05) is 42.8 Å². The van der Waals surface area contributed by atoms with Crippen LogP contribution in [0.25, 0.3) is 9.88 Å². The van der Waals surface area contributed by atoms with Crippen LogP contribution in [0.2, 0.25) is 0 Å². The second-order valence-corrected chi connectivity index (χ2v) is 6.29. The molecule has 3 aromatic rings. The zero-order valence-corrected chi connectivity index (χ0v) is 12.5. The number of benzene rings is 1. The molecular formula is C13H10ClN3S2. The summed E-state index contributed by atoms with van der Waals surface area (Å²) >= 11 is 9.54. The van der Waals surface area contributed by atoms with Gasteiger partial charge < -0.3 is 0 Å². The fraction of sp³-hybridized carbons (Fsp3) is 0.154. The second kappa shape index (κ2) is 5.36. The number of aromatic nitrogens is 3. The zero-order chi connectivity index (χ0) is 13.2. The van der Waals surface area contributed by atoms with E-state index in [9.17, 15) is 0 Å². The fourth-order valence-corrected chi connectivity index (χ4v) is 3.82.